The van der Waals surface area contributed by atoms with Gasteiger partial charge >= 0.3 is 0 Å². The van der Waals surface area contributed by atoms with Crippen molar-refractivity contribution in [2.24, 2.45) is 17.8 Å². The van der Waals surface area contributed by atoms with Crippen LogP contribution in [0.1, 0.15) is 141 Å². The first kappa shape index (κ1) is 27.3. The Morgan fingerprint density at radius 3 is 1.97 bits per heavy atom. The Kier molecular flexibility index (Phi) is 10.6. The zero-order chi connectivity index (χ0) is 23.9. The van der Waals surface area contributed by atoms with Crippen molar-refractivity contribution < 1.29 is 4.74 Å². The molecule has 1 aliphatic heterocycles. The highest BCUT2D eigenvalue weighted by molar-refractivity contribution is 5.52. The van der Waals surface area contributed by atoms with Crippen molar-refractivity contribution >= 4 is 0 Å². The number of fused-ring (bicyclic) bond motifs is 1. The van der Waals surface area contributed by atoms with Gasteiger partial charge in [0.2, 0.25) is 0 Å². The van der Waals surface area contributed by atoms with Crippen LogP contribution in [0, 0.1) is 31.6 Å². The van der Waals surface area contributed by atoms with E-state index in [9.17, 15) is 0 Å². The van der Waals surface area contributed by atoms with Crippen LogP contribution in [0.5, 0.6) is 5.75 Å². The molecule has 0 saturated carbocycles. The third-order valence-corrected chi connectivity index (χ3v) is 8.04. The molecule has 0 saturated heterocycles. The average Bonchev–Trinajstić information content (AvgIpc) is 2.70. The quantitative estimate of drug-likeness (QED) is 0.295. The lowest BCUT2D eigenvalue weighted by atomic mass is 9.82. The summed E-state index contributed by atoms with van der Waals surface area (Å²) in [6, 6.07) is 2.37. The van der Waals surface area contributed by atoms with Gasteiger partial charge in [0.25, 0.3) is 0 Å². The maximum absolute atomic E-state index is 6.71. The Morgan fingerprint density at radius 1 is 0.844 bits per heavy atom. The summed E-state index contributed by atoms with van der Waals surface area (Å²) in [7, 11) is 0. The van der Waals surface area contributed by atoms with Gasteiger partial charge < -0.3 is 4.74 Å². The zero-order valence-electron chi connectivity index (χ0n) is 23.1. The van der Waals surface area contributed by atoms with Crippen LogP contribution in [0.4, 0.5) is 0 Å². The molecule has 0 fully saturated rings. The molecule has 0 amide bonds. The van der Waals surface area contributed by atoms with Crippen molar-refractivity contribution in [2.75, 3.05) is 0 Å². The summed E-state index contributed by atoms with van der Waals surface area (Å²) in [5.41, 5.74) is 5.78. The summed E-state index contributed by atoms with van der Waals surface area (Å²) in [4.78, 5) is 0. The summed E-state index contributed by atoms with van der Waals surface area (Å²) < 4.78 is 6.71. The van der Waals surface area contributed by atoms with Crippen molar-refractivity contribution in [2.45, 2.75) is 144 Å². The van der Waals surface area contributed by atoms with E-state index in [0.717, 1.165) is 24.2 Å². The minimum atomic E-state index is 0.00813. The molecule has 1 nitrogen and oxygen atoms in total. The van der Waals surface area contributed by atoms with E-state index < -0.39 is 0 Å². The van der Waals surface area contributed by atoms with Gasteiger partial charge in [0.05, 0.1) is 0 Å². The maximum atomic E-state index is 6.71. The summed E-state index contributed by atoms with van der Waals surface area (Å²) in [5, 5.41) is 0. The maximum Gasteiger partial charge on any atom is 0.126 e. The highest BCUT2D eigenvalue weighted by atomic mass is 16.5. The lowest BCUT2D eigenvalue weighted by Gasteiger charge is -2.38. The Balaban J connectivity index is 1.75. The number of rotatable bonds is 13. The van der Waals surface area contributed by atoms with E-state index in [4.69, 9.17) is 4.74 Å². The van der Waals surface area contributed by atoms with Gasteiger partial charge in [0, 0.05) is 0 Å². The first-order valence-corrected chi connectivity index (χ1v) is 13.8. The second kappa shape index (κ2) is 12.5. The summed E-state index contributed by atoms with van der Waals surface area (Å²) in [6.45, 7) is 21.1. The Bertz CT molecular complexity index is 701. The normalized spacial score (nSPS) is 20.3. The first-order chi connectivity index (χ1) is 15.0. The second-order valence-corrected chi connectivity index (χ2v) is 12.3. The predicted molar refractivity (Wildman–Crippen MR) is 142 cm³/mol. The smallest absolute Gasteiger partial charge is 0.126 e. The van der Waals surface area contributed by atoms with E-state index in [1.165, 1.54) is 92.2 Å². The molecule has 3 atom stereocenters. The van der Waals surface area contributed by atoms with Crippen molar-refractivity contribution in [1.82, 2.24) is 0 Å². The van der Waals surface area contributed by atoms with Crippen molar-refractivity contribution in [3.8, 4) is 5.75 Å². The molecule has 1 aromatic rings. The molecule has 1 heteroatoms. The molecule has 0 aromatic heterocycles. The standard InChI is InChI=1S/C31H54O/c1-22(2)13-10-14-24(5)15-11-16-25(6)17-12-19-31(9)20-18-28-27(8)29(23(3)4)21-26(7)30(28)32-31/h21-25H,10-20H2,1-9H3. The first-order valence-electron chi connectivity index (χ1n) is 13.8. The lowest BCUT2D eigenvalue weighted by molar-refractivity contribution is 0.0513. The van der Waals surface area contributed by atoms with Crippen LogP contribution in [0.2, 0.25) is 0 Å². The topological polar surface area (TPSA) is 9.23 Å². The molecule has 184 valence electrons. The molecule has 0 aliphatic carbocycles. The molecule has 1 heterocycles. The minimum Gasteiger partial charge on any atom is -0.487 e. The van der Waals surface area contributed by atoms with Gasteiger partial charge in [-0.1, -0.05) is 92.6 Å². The Morgan fingerprint density at radius 2 is 1.41 bits per heavy atom. The van der Waals surface area contributed by atoms with Crippen LogP contribution in [-0.2, 0) is 6.42 Å². The van der Waals surface area contributed by atoms with Crippen molar-refractivity contribution in [3.63, 3.8) is 0 Å². The zero-order valence-corrected chi connectivity index (χ0v) is 23.1. The highest BCUT2D eigenvalue weighted by Gasteiger charge is 2.33. The van der Waals surface area contributed by atoms with E-state index in [-0.39, 0.29) is 5.60 Å². The Hall–Kier alpha value is -0.980. The third kappa shape index (κ3) is 8.11. The lowest BCUT2D eigenvalue weighted by Crippen LogP contribution is -2.37. The SMILES string of the molecule is Cc1cc(C(C)C)c(C)c2c1OC(C)(CCCC(C)CCCC(C)CCCC(C)C)CC2. The van der Waals surface area contributed by atoms with Crippen LogP contribution >= 0.6 is 0 Å². The molecule has 0 N–H and O–H groups in total. The molecule has 32 heavy (non-hydrogen) atoms. The Labute approximate surface area is 201 Å². The molecule has 0 bridgehead atoms. The molecule has 2 rings (SSSR count). The highest BCUT2D eigenvalue weighted by Crippen LogP contribution is 2.42. The van der Waals surface area contributed by atoms with Crippen LogP contribution < -0.4 is 4.74 Å². The van der Waals surface area contributed by atoms with E-state index in [2.05, 4.69) is 68.4 Å². The van der Waals surface area contributed by atoms with Gasteiger partial charge in [-0.2, -0.15) is 0 Å². The number of benzene rings is 1. The minimum absolute atomic E-state index is 0.00813. The van der Waals surface area contributed by atoms with Crippen molar-refractivity contribution in [3.05, 3.63) is 28.3 Å². The third-order valence-electron chi connectivity index (χ3n) is 8.04. The van der Waals surface area contributed by atoms with E-state index in [1.54, 1.807) is 0 Å². The summed E-state index contributed by atoms with van der Waals surface area (Å²) in [6.07, 6.45) is 14.6. The molecule has 0 radical (unpaired) electrons. The fourth-order valence-corrected chi connectivity index (χ4v) is 5.70. The number of hydrogen-bond donors (Lipinski definition) is 0. The van der Waals surface area contributed by atoms with Gasteiger partial charge in [0.15, 0.2) is 0 Å². The molecule has 1 aromatic carbocycles. The fourth-order valence-electron chi connectivity index (χ4n) is 5.70. The molecular formula is C31H54O. The number of ether oxygens (including phenoxy) is 1. The van der Waals surface area contributed by atoms with E-state index >= 15 is 0 Å². The average molecular weight is 443 g/mol. The second-order valence-electron chi connectivity index (χ2n) is 12.3. The molecular weight excluding hydrogens is 388 g/mol. The molecule has 3 unspecified atom stereocenters. The number of aryl methyl sites for hydroxylation is 1. The molecule has 0 spiro atoms. The van der Waals surface area contributed by atoms with Gasteiger partial charge in [-0.05, 0) is 92.4 Å². The van der Waals surface area contributed by atoms with Gasteiger partial charge in [-0.15, -0.1) is 0 Å². The fraction of sp³-hybridized carbons (Fsp3) is 0.806. The summed E-state index contributed by atoms with van der Waals surface area (Å²) in [5.74, 6) is 4.38. The van der Waals surface area contributed by atoms with Gasteiger partial charge in [-0.25, -0.2) is 0 Å². The van der Waals surface area contributed by atoms with Crippen molar-refractivity contribution in [1.29, 1.82) is 0 Å². The van der Waals surface area contributed by atoms with Crippen LogP contribution in [0.25, 0.3) is 0 Å². The molecule has 1 aliphatic rings. The van der Waals surface area contributed by atoms with E-state index in [1.807, 2.05) is 0 Å². The van der Waals surface area contributed by atoms with Gasteiger partial charge in [0.1, 0.15) is 11.4 Å². The van der Waals surface area contributed by atoms with Crippen LogP contribution in [0.15, 0.2) is 6.07 Å². The van der Waals surface area contributed by atoms with Crippen LogP contribution in [0.3, 0.4) is 0 Å². The predicted octanol–water partition coefficient (Wildman–Crippen LogP) is 9.95. The van der Waals surface area contributed by atoms with Crippen LogP contribution in [-0.4, -0.2) is 5.60 Å². The number of hydrogen-bond acceptors (Lipinski definition) is 1. The summed E-state index contributed by atoms with van der Waals surface area (Å²) >= 11 is 0. The van der Waals surface area contributed by atoms with Gasteiger partial charge in [-0.3, -0.25) is 0 Å². The largest absolute Gasteiger partial charge is 0.487 e. The van der Waals surface area contributed by atoms with E-state index in [0.29, 0.717) is 5.92 Å². The monoisotopic (exact) mass is 442 g/mol.